The molecule has 0 aliphatic rings. The zero-order valence-electron chi connectivity index (χ0n) is 20.8. The summed E-state index contributed by atoms with van der Waals surface area (Å²) in [5, 5.41) is 0. The smallest absolute Gasteiger partial charge is 0.295 e. The minimum atomic E-state index is -4.93. The van der Waals surface area contributed by atoms with Crippen LogP contribution < -0.4 is 9.80 Å². The van der Waals surface area contributed by atoms with Crippen molar-refractivity contribution in [2.75, 3.05) is 36.0 Å². The molecule has 0 aliphatic carbocycles. The van der Waals surface area contributed by atoms with Crippen LogP contribution in [-0.2, 0) is 20.2 Å². The molecule has 3 aromatic carbocycles. The van der Waals surface area contributed by atoms with Crippen LogP contribution in [0.1, 0.15) is 27.7 Å². The van der Waals surface area contributed by atoms with Crippen LogP contribution in [-0.4, -0.2) is 52.1 Å². The average Bonchev–Trinajstić information content (AvgIpc) is 2.84. The van der Waals surface area contributed by atoms with Crippen LogP contribution in [0.2, 0.25) is 0 Å². The minimum absolute atomic E-state index is 0.0683. The maximum Gasteiger partial charge on any atom is 0.295 e. The van der Waals surface area contributed by atoms with Crippen molar-refractivity contribution in [1.29, 1.82) is 0 Å². The van der Waals surface area contributed by atoms with Gasteiger partial charge in [-0.05, 0) is 69.2 Å². The maximum absolute atomic E-state index is 12.7. The first-order chi connectivity index (χ1) is 17.0. The van der Waals surface area contributed by atoms with E-state index in [1.54, 1.807) is 36.4 Å². The van der Waals surface area contributed by atoms with Gasteiger partial charge in [-0.2, -0.15) is 16.8 Å². The molecule has 0 aromatic heterocycles. The van der Waals surface area contributed by atoms with E-state index >= 15 is 0 Å². The molecule has 0 spiro atoms. The number of hydrogen-bond acceptors (Lipinski definition) is 6. The van der Waals surface area contributed by atoms with Gasteiger partial charge in [0.25, 0.3) is 20.2 Å². The molecule has 193 valence electrons. The van der Waals surface area contributed by atoms with E-state index in [4.69, 9.17) is 0 Å². The molecule has 0 aliphatic heterocycles. The largest absolute Gasteiger partial charge is 0.372 e. The van der Waals surface area contributed by atoms with Gasteiger partial charge in [0.05, 0.1) is 0 Å². The van der Waals surface area contributed by atoms with Crippen LogP contribution in [0.3, 0.4) is 0 Å². The topological polar surface area (TPSA) is 115 Å². The number of rotatable bonds is 10. The summed E-state index contributed by atoms with van der Waals surface area (Å²) in [6.45, 7) is 11.1. The third kappa shape index (κ3) is 5.73. The maximum atomic E-state index is 12.7. The summed E-state index contributed by atoms with van der Waals surface area (Å²) in [5.41, 5.74) is 2.16. The molecule has 1 radical (unpaired) electrons. The molecule has 2 N–H and O–H groups in total. The zero-order chi connectivity index (χ0) is 26.7. The van der Waals surface area contributed by atoms with Crippen molar-refractivity contribution in [2.45, 2.75) is 37.5 Å². The van der Waals surface area contributed by atoms with E-state index in [9.17, 15) is 25.9 Å². The lowest BCUT2D eigenvalue weighted by molar-refractivity contribution is 0.482. The van der Waals surface area contributed by atoms with Crippen LogP contribution in [0.4, 0.5) is 11.4 Å². The van der Waals surface area contributed by atoms with Crippen molar-refractivity contribution in [3.8, 4) is 22.3 Å². The molecule has 0 heterocycles. The van der Waals surface area contributed by atoms with E-state index in [1.807, 2.05) is 39.8 Å². The number of benzene rings is 3. The van der Waals surface area contributed by atoms with Crippen molar-refractivity contribution >= 4 is 31.6 Å². The Bertz CT molecular complexity index is 1410. The standard InChI is InChI=1S/C26H31N2O6S2/c1-5-27(6-2)21-13-9-19(10-14-21)23-17-18-24(35(29,30)31)25(26(23)36(32,33)34)20-11-15-22(16-12-20)28(7-3)8-4/h9-17H,5-8H2,1-4H3,(H,29,30,31)(H,32,33,34). The van der Waals surface area contributed by atoms with E-state index in [2.05, 4.69) is 15.9 Å². The van der Waals surface area contributed by atoms with Crippen molar-refractivity contribution in [2.24, 2.45) is 0 Å². The lowest BCUT2D eigenvalue weighted by atomic mass is 9.98. The van der Waals surface area contributed by atoms with Crippen LogP contribution in [0.25, 0.3) is 22.3 Å². The van der Waals surface area contributed by atoms with Gasteiger partial charge >= 0.3 is 0 Å². The van der Waals surface area contributed by atoms with Crippen LogP contribution in [0.15, 0.2) is 64.4 Å². The van der Waals surface area contributed by atoms with Crippen molar-refractivity contribution < 1.29 is 25.9 Å². The van der Waals surface area contributed by atoms with E-state index in [1.165, 1.54) is 0 Å². The summed E-state index contributed by atoms with van der Waals surface area (Å²) in [4.78, 5) is 2.84. The quantitative estimate of drug-likeness (QED) is 0.351. The Morgan fingerprint density at radius 2 is 1.08 bits per heavy atom. The molecule has 0 unspecified atom stereocenters. The number of nitrogens with zero attached hydrogens (tertiary/aromatic N) is 2. The summed E-state index contributed by atoms with van der Waals surface area (Å²) in [6.07, 6.45) is 0. The molecule has 0 bridgehead atoms. The highest BCUT2D eigenvalue weighted by Gasteiger charge is 2.29. The molecule has 0 saturated carbocycles. The van der Waals surface area contributed by atoms with Gasteiger partial charge < -0.3 is 9.80 Å². The molecule has 10 heteroatoms. The van der Waals surface area contributed by atoms with E-state index in [0.29, 0.717) is 5.56 Å². The third-order valence-corrected chi connectivity index (χ3v) is 7.93. The van der Waals surface area contributed by atoms with Gasteiger partial charge in [-0.25, -0.2) is 0 Å². The Kier molecular flexibility index (Phi) is 8.45. The Morgan fingerprint density at radius 1 is 0.667 bits per heavy atom. The molecule has 0 amide bonds. The van der Waals surface area contributed by atoms with E-state index in [0.717, 1.165) is 43.6 Å². The molecule has 0 atom stereocenters. The first kappa shape index (κ1) is 27.7. The Labute approximate surface area is 213 Å². The van der Waals surface area contributed by atoms with Gasteiger partial charge in [0, 0.05) is 54.7 Å². The molecular formula is C26H31N2O6S2. The van der Waals surface area contributed by atoms with Crippen molar-refractivity contribution in [3.05, 3.63) is 60.7 Å². The normalized spacial score (nSPS) is 11.9. The van der Waals surface area contributed by atoms with Gasteiger partial charge in [-0.3, -0.25) is 9.11 Å². The predicted octanol–water partition coefficient (Wildman–Crippen LogP) is 5.01. The van der Waals surface area contributed by atoms with Crippen molar-refractivity contribution in [1.82, 2.24) is 0 Å². The lowest BCUT2D eigenvalue weighted by Crippen LogP contribution is -2.21. The first-order valence-corrected chi connectivity index (χ1v) is 14.6. The van der Waals surface area contributed by atoms with Gasteiger partial charge in [0.2, 0.25) is 0 Å². The second-order valence-corrected chi connectivity index (χ2v) is 10.8. The second-order valence-electron chi connectivity index (χ2n) is 8.12. The van der Waals surface area contributed by atoms with Gasteiger partial charge in [-0.15, -0.1) is 0 Å². The number of hydrogen-bond donors (Lipinski definition) is 2. The fourth-order valence-corrected chi connectivity index (χ4v) is 6.01. The summed E-state index contributed by atoms with van der Waals surface area (Å²) in [6, 6.07) is 17.3. The van der Waals surface area contributed by atoms with Gasteiger partial charge in [0.1, 0.15) is 9.79 Å². The third-order valence-electron chi connectivity index (χ3n) is 6.15. The number of anilines is 2. The zero-order valence-corrected chi connectivity index (χ0v) is 22.4. The summed E-state index contributed by atoms with van der Waals surface area (Å²) >= 11 is 0. The first-order valence-electron chi connectivity index (χ1n) is 11.7. The highest BCUT2D eigenvalue weighted by molar-refractivity contribution is 7.87. The molecule has 0 fully saturated rings. The molecule has 8 nitrogen and oxygen atoms in total. The van der Waals surface area contributed by atoms with Crippen molar-refractivity contribution in [3.63, 3.8) is 0 Å². The summed E-state index contributed by atoms with van der Waals surface area (Å²) < 4.78 is 70.0. The van der Waals surface area contributed by atoms with E-state index < -0.39 is 30.0 Å². The lowest BCUT2D eigenvalue weighted by Gasteiger charge is -2.22. The van der Waals surface area contributed by atoms with Gasteiger partial charge in [0.15, 0.2) is 0 Å². The summed E-state index contributed by atoms with van der Waals surface area (Å²) in [5.74, 6) is 0. The monoisotopic (exact) mass is 531 g/mol. The fraction of sp³-hybridized carbons (Fsp3) is 0.308. The Morgan fingerprint density at radius 3 is 1.44 bits per heavy atom. The highest BCUT2D eigenvalue weighted by Crippen LogP contribution is 2.40. The molecule has 36 heavy (non-hydrogen) atoms. The van der Waals surface area contributed by atoms with Gasteiger partial charge in [-0.1, -0.05) is 24.3 Å². The Balaban J connectivity index is 2.31. The minimum Gasteiger partial charge on any atom is -0.372 e. The predicted molar refractivity (Wildman–Crippen MR) is 143 cm³/mol. The summed E-state index contributed by atoms with van der Waals surface area (Å²) in [7, 11) is -9.80. The molecule has 3 rings (SSSR count). The van der Waals surface area contributed by atoms with Crippen LogP contribution in [0.5, 0.6) is 0 Å². The molecular weight excluding hydrogens is 500 g/mol. The van der Waals surface area contributed by atoms with Crippen LogP contribution in [0, 0.1) is 6.07 Å². The van der Waals surface area contributed by atoms with Crippen LogP contribution >= 0.6 is 0 Å². The highest BCUT2D eigenvalue weighted by atomic mass is 32.2. The fourth-order valence-electron chi connectivity index (χ4n) is 4.33. The average molecular weight is 532 g/mol. The molecule has 3 aromatic rings. The molecule has 0 saturated heterocycles. The Hall–Kier alpha value is -2.92. The second kappa shape index (κ2) is 11.0. The SMILES string of the molecule is CCN(CC)c1ccc(-c2c[c]c(S(=O)(=O)O)c(-c3ccc(N(CC)CC)cc3)c2S(=O)(=O)O)cc1. The van der Waals surface area contributed by atoms with E-state index in [-0.39, 0.29) is 16.7 Å².